The third-order valence-corrected chi connectivity index (χ3v) is 13.7. The fraction of sp³-hybridized carbons (Fsp3) is 0.0278. The molecule has 11 rings (SSSR count). The van der Waals surface area contributed by atoms with E-state index in [0.29, 0.717) is 0 Å². The molecule has 11 aromatic carbocycles. The van der Waals surface area contributed by atoms with Crippen LogP contribution in [-0.4, -0.2) is 0 Å². The van der Waals surface area contributed by atoms with E-state index in [1.807, 2.05) is 0 Å². The minimum absolute atomic E-state index is 0.910. The molecule has 0 fully saturated rings. The van der Waals surface area contributed by atoms with Crippen LogP contribution in [0, 0.1) is 0 Å². The first-order valence-corrected chi connectivity index (χ1v) is 25.0. The fourth-order valence-electron chi connectivity index (χ4n) is 9.97. The summed E-state index contributed by atoms with van der Waals surface area (Å²) in [5.74, 6) is 0. The van der Waals surface area contributed by atoms with E-state index in [1.165, 1.54) is 88.3 Å². The number of hydrogen-bond donors (Lipinski definition) is 0. The smallest absolute Gasteiger partial charge is 0.00258 e. The van der Waals surface area contributed by atoms with Crippen molar-refractivity contribution in [3.63, 3.8) is 0 Å². The molecule has 0 heterocycles. The first kappa shape index (κ1) is 45.3. The average Bonchev–Trinajstić information content (AvgIpc) is 3.45. The van der Waals surface area contributed by atoms with E-state index in [4.69, 9.17) is 0 Å². The van der Waals surface area contributed by atoms with E-state index in [-0.39, 0.29) is 0 Å². The van der Waals surface area contributed by atoms with Crippen LogP contribution in [0.5, 0.6) is 0 Å². The Hall–Kier alpha value is -9.10. The number of benzene rings is 11. The molecule has 0 N–H and O–H groups in total. The average molecular weight is 919 g/mol. The number of hydrogen-bond acceptors (Lipinski definition) is 0. The van der Waals surface area contributed by atoms with Gasteiger partial charge in [-0.15, -0.1) is 0 Å². The Labute approximate surface area is 424 Å². The molecule has 0 spiro atoms. The summed E-state index contributed by atoms with van der Waals surface area (Å²) in [6, 6.07) is 96.3. The van der Waals surface area contributed by atoms with Crippen LogP contribution in [0.25, 0.3) is 69.1 Å². The van der Waals surface area contributed by atoms with Crippen molar-refractivity contribution in [2.45, 2.75) is 12.8 Å². The van der Waals surface area contributed by atoms with Gasteiger partial charge in [-0.3, -0.25) is 0 Å². The zero-order chi connectivity index (χ0) is 48.3. The predicted molar refractivity (Wildman–Crippen MR) is 310 cm³/mol. The molecule has 0 amide bonds. The summed E-state index contributed by atoms with van der Waals surface area (Å²) in [5.41, 5.74) is 19.4. The van der Waals surface area contributed by atoms with E-state index in [0.717, 1.165) is 35.1 Å². The van der Waals surface area contributed by atoms with Gasteiger partial charge in [0, 0.05) is 0 Å². The van der Waals surface area contributed by atoms with Crippen LogP contribution in [0.4, 0.5) is 0 Å². The second kappa shape index (κ2) is 21.7. The highest BCUT2D eigenvalue weighted by Gasteiger charge is 2.13. The summed E-state index contributed by atoms with van der Waals surface area (Å²) in [5, 5.41) is 4.87. The molecule has 0 radical (unpaired) electrons. The zero-order valence-corrected chi connectivity index (χ0v) is 40.3. The lowest BCUT2D eigenvalue weighted by molar-refractivity contribution is 1.19. The van der Waals surface area contributed by atoms with Gasteiger partial charge in [0.15, 0.2) is 0 Å². The van der Waals surface area contributed by atoms with Crippen molar-refractivity contribution in [2.24, 2.45) is 0 Å². The van der Waals surface area contributed by atoms with Crippen LogP contribution < -0.4 is 0 Å². The van der Waals surface area contributed by atoms with Gasteiger partial charge in [0.1, 0.15) is 0 Å². The molecule has 0 bridgehead atoms. The normalized spacial score (nSPS) is 12.1. The van der Waals surface area contributed by atoms with E-state index in [2.05, 4.69) is 303 Å². The summed E-state index contributed by atoms with van der Waals surface area (Å²) in [6.45, 7) is 0. The summed E-state index contributed by atoms with van der Waals surface area (Å²) in [6.07, 6.45) is 15.8. The molecule has 0 atom stereocenters. The van der Waals surface area contributed by atoms with Gasteiger partial charge in [-0.1, -0.05) is 291 Å². The van der Waals surface area contributed by atoms with Crippen molar-refractivity contribution in [1.82, 2.24) is 0 Å². The molecule has 0 heteroatoms. The highest BCUT2D eigenvalue weighted by Crippen LogP contribution is 2.37. The fourth-order valence-corrected chi connectivity index (χ4v) is 9.97. The van der Waals surface area contributed by atoms with Gasteiger partial charge < -0.3 is 0 Å². The first-order chi connectivity index (χ1) is 35.7. The Morgan fingerprint density at radius 2 is 0.486 bits per heavy atom. The van der Waals surface area contributed by atoms with Gasteiger partial charge in [0.05, 0.1) is 0 Å². The molecule has 0 aliphatic heterocycles. The Balaban J connectivity index is 0.942. The van der Waals surface area contributed by atoms with E-state index >= 15 is 0 Å². The molecule has 0 aromatic heterocycles. The maximum atomic E-state index is 2.35. The maximum Gasteiger partial charge on any atom is -0.00258 e. The Morgan fingerprint density at radius 3 is 0.833 bits per heavy atom. The lowest BCUT2D eigenvalue weighted by Gasteiger charge is -2.14. The third kappa shape index (κ3) is 10.4. The molecule has 11 aromatic rings. The van der Waals surface area contributed by atoms with Crippen molar-refractivity contribution < 1.29 is 0 Å². The standard InChI is InChI=1S/C72H54/c1-5-21-53(22-6-1)49-55-37-41-61(42-38-55)71(59-27-9-3-10-28-59)51-63-31-15-13-25-57(63)45-47-69-65-33-17-19-35-67(65)70(68-36-20-18-34-66(68)69)48-46-58-26-14-16-32-64(58)52-72(60-29-11-4-12-30-60)62-43-39-56(40-44-62)50-54-23-7-2-8-24-54/h1-48,51-52H,49-50H2/b47-45?,48-46?,71-51-,72-52-. The summed E-state index contributed by atoms with van der Waals surface area (Å²) in [4.78, 5) is 0. The van der Waals surface area contributed by atoms with Crippen LogP contribution in [0.15, 0.2) is 267 Å². The van der Waals surface area contributed by atoms with Crippen molar-refractivity contribution in [1.29, 1.82) is 0 Å². The molecule has 0 nitrogen and oxygen atoms in total. The van der Waals surface area contributed by atoms with Crippen molar-refractivity contribution >= 4 is 69.1 Å². The zero-order valence-electron chi connectivity index (χ0n) is 40.3. The summed E-state index contributed by atoms with van der Waals surface area (Å²) < 4.78 is 0. The highest BCUT2D eigenvalue weighted by atomic mass is 14.2. The molecule has 0 saturated carbocycles. The number of fused-ring (bicyclic) bond motifs is 2. The van der Waals surface area contributed by atoms with Gasteiger partial charge >= 0.3 is 0 Å². The van der Waals surface area contributed by atoms with E-state index in [9.17, 15) is 0 Å². The van der Waals surface area contributed by atoms with Gasteiger partial charge in [-0.25, -0.2) is 0 Å². The Morgan fingerprint density at radius 1 is 0.222 bits per heavy atom. The Kier molecular flexibility index (Phi) is 13.7. The Bertz CT molecular complexity index is 3420. The molecular formula is C72H54. The van der Waals surface area contributed by atoms with Crippen LogP contribution in [0.3, 0.4) is 0 Å². The first-order valence-electron chi connectivity index (χ1n) is 25.0. The van der Waals surface area contributed by atoms with E-state index < -0.39 is 0 Å². The lowest BCUT2D eigenvalue weighted by Crippen LogP contribution is -1.92. The maximum absolute atomic E-state index is 2.35. The SMILES string of the molecule is C(=Cc1c2ccccc2c(C=Cc2ccccc2/C=C(/c2ccccc2)c2ccc(Cc3ccccc3)cc2)c2ccccc12)c1ccccc1/C=C(/c1ccccc1)c1ccc(Cc2ccccc2)cc1. The molecular weight excluding hydrogens is 865 g/mol. The lowest BCUT2D eigenvalue weighted by atomic mass is 9.90. The predicted octanol–water partition coefficient (Wildman–Crippen LogP) is 18.7. The second-order valence-electron chi connectivity index (χ2n) is 18.4. The van der Waals surface area contributed by atoms with Crippen LogP contribution >= 0.6 is 0 Å². The monoisotopic (exact) mass is 918 g/mol. The van der Waals surface area contributed by atoms with Crippen LogP contribution in [0.1, 0.15) is 77.9 Å². The quantitative estimate of drug-likeness (QED) is 0.0753. The molecule has 0 aliphatic rings. The highest BCUT2D eigenvalue weighted by molar-refractivity contribution is 6.14. The van der Waals surface area contributed by atoms with Crippen molar-refractivity contribution in [2.75, 3.05) is 0 Å². The van der Waals surface area contributed by atoms with Crippen molar-refractivity contribution in [3.8, 4) is 0 Å². The van der Waals surface area contributed by atoms with Gasteiger partial charge in [-0.2, -0.15) is 0 Å². The van der Waals surface area contributed by atoms with Crippen LogP contribution in [0.2, 0.25) is 0 Å². The summed E-state index contributed by atoms with van der Waals surface area (Å²) in [7, 11) is 0. The van der Waals surface area contributed by atoms with E-state index in [1.54, 1.807) is 0 Å². The second-order valence-corrected chi connectivity index (χ2v) is 18.4. The number of rotatable bonds is 14. The van der Waals surface area contributed by atoms with Gasteiger partial charge in [0.2, 0.25) is 0 Å². The van der Waals surface area contributed by atoms with Crippen LogP contribution in [-0.2, 0) is 12.8 Å². The minimum Gasteiger partial charge on any atom is -0.0622 e. The molecule has 342 valence electrons. The third-order valence-electron chi connectivity index (χ3n) is 13.7. The van der Waals surface area contributed by atoms with Crippen molar-refractivity contribution in [3.05, 3.63) is 345 Å². The largest absolute Gasteiger partial charge is 0.0622 e. The van der Waals surface area contributed by atoms with Gasteiger partial charge in [0.25, 0.3) is 0 Å². The van der Waals surface area contributed by atoms with Gasteiger partial charge in [-0.05, 0) is 136 Å². The summed E-state index contributed by atoms with van der Waals surface area (Å²) >= 11 is 0. The molecule has 0 saturated heterocycles. The topological polar surface area (TPSA) is 0 Å². The molecule has 0 aliphatic carbocycles. The molecule has 72 heavy (non-hydrogen) atoms. The molecule has 0 unspecified atom stereocenters. The minimum atomic E-state index is 0.910.